The van der Waals surface area contributed by atoms with Gasteiger partial charge in [0.05, 0.1) is 12.1 Å². The molecule has 0 aliphatic rings. The number of anilines is 1. The van der Waals surface area contributed by atoms with E-state index < -0.39 is 36.2 Å². The Hall–Kier alpha value is -2.64. The Morgan fingerprint density at radius 3 is 2.50 bits per heavy atom. The predicted molar refractivity (Wildman–Crippen MR) is 67.0 cm³/mol. The van der Waals surface area contributed by atoms with Gasteiger partial charge in [-0.05, 0) is 24.6 Å². The van der Waals surface area contributed by atoms with Crippen LogP contribution in [0.5, 0.6) is 0 Å². The number of carboxylic acids is 2. The molecule has 8 heteroatoms. The van der Waals surface area contributed by atoms with E-state index in [2.05, 4.69) is 5.32 Å². The number of hydrogen-bond acceptors (Lipinski definition) is 3. The van der Waals surface area contributed by atoms with Crippen molar-refractivity contribution in [2.75, 3.05) is 5.32 Å². The van der Waals surface area contributed by atoms with Crippen LogP contribution in [0, 0.1) is 12.7 Å². The van der Waals surface area contributed by atoms with Gasteiger partial charge in [-0.1, -0.05) is 6.07 Å². The highest BCUT2D eigenvalue weighted by Gasteiger charge is 2.23. The predicted octanol–water partition coefficient (Wildman–Crippen LogP) is 1.18. The van der Waals surface area contributed by atoms with Gasteiger partial charge in [-0.25, -0.2) is 14.0 Å². The highest BCUT2D eigenvalue weighted by molar-refractivity contribution is 5.93. The zero-order valence-electron chi connectivity index (χ0n) is 10.5. The van der Waals surface area contributed by atoms with Crippen LogP contribution in [0.2, 0.25) is 0 Å². The molecule has 1 unspecified atom stereocenters. The minimum Gasteiger partial charge on any atom is -0.481 e. The summed E-state index contributed by atoms with van der Waals surface area (Å²) in [6.45, 7) is 1.69. The fraction of sp³-hybridized carbons (Fsp3) is 0.250. The quantitative estimate of drug-likeness (QED) is 0.648. The Labute approximate surface area is 113 Å². The van der Waals surface area contributed by atoms with Crippen molar-refractivity contribution in [3.8, 4) is 0 Å². The van der Waals surface area contributed by atoms with Crippen molar-refractivity contribution >= 4 is 23.7 Å². The second kappa shape index (κ2) is 6.50. The Morgan fingerprint density at radius 1 is 1.30 bits per heavy atom. The van der Waals surface area contributed by atoms with Crippen molar-refractivity contribution in [2.24, 2.45) is 0 Å². The fourth-order valence-corrected chi connectivity index (χ4v) is 1.43. The van der Waals surface area contributed by atoms with Crippen molar-refractivity contribution in [1.82, 2.24) is 5.32 Å². The Kier molecular flexibility index (Phi) is 5.01. The number of aryl methyl sites for hydroxylation is 1. The Morgan fingerprint density at radius 2 is 1.95 bits per heavy atom. The maximum absolute atomic E-state index is 13.4. The first kappa shape index (κ1) is 15.4. The number of aliphatic carboxylic acids is 2. The van der Waals surface area contributed by atoms with Crippen molar-refractivity contribution < 1.29 is 29.0 Å². The Bertz CT molecular complexity index is 547. The van der Waals surface area contributed by atoms with Gasteiger partial charge in [0.25, 0.3) is 0 Å². The second-order valence-electron chi connectivity index (χ2n) is 4.07. The minimum atomic E-state index is -1.60. The summed E-state index contributed by atoms with van der Waals surface area (Å²) in [5, 5.41) is 21.4. The molecule has 2 amide bonds. The minimum absolute atomic E-state index is 0.123. The van der Waals surface area contributed by atoms with Gasteiger partial charge >= 0.3 is 18.0 Å². The first-order chi connectivity index (χ1) is 9.29. The lowest BCUT2D eigenvalue weighted by atomic mass is 10.2. The van der Waals surface area contributed by atoms with Gasteiger partial charge in [-0.3, -0.25) is 4.79 Å². The van der Waals surface area contributed by atoms with E-state index in [0.717, 1.165) is 6.07 Å². The van der Waals surface area contributed by atoms with Gasteiger partial charge in [-0.15, -0.1) is 0 Å². The second-order valence-corrected chi connectivity index (χ2v) is 4.07. The maximum atomic E-state index is 13.4. The van der Waals surface area contributed by atoms with Gasteiger partial charge in [-0.2, -0.15) is 0 Å². The number of nitrogens with one attached hydrogen (secondary N) is 2. The zero-order chi connectivity index (χ0) is 15.3. The number of benzene rings is 1. The number of carboxylic acid groups (broad SMARTS) is 2. The van der Waals surface area contributed by atoms with E-state index in [1.54, 1.807) is 6.92 Å². The van der Waals surface area contributed by atoms with Gasteiger partial charge < -0.3 is 20.8 Å². The summed E-state index contributed by atoms with van der Waals surface area (Å²) in [5.41, 5.74) is 0.573. The van der Waals surface area contributed by atoms with Crippen LogP contribution in [0.4, 0.5) is 14.9 Å². The monoisotopic (exact) mass is 284 g/mol. The lowest BCUT2D eigenvalue weighted by Gasteiger charge is -2.13. The van der Waals surface area contributed by atoms with E-state index in [-0.39, 0.29) is 5.69 Å². The van der Waals surface area contributed by atoms with E-state index in [1.165, 1.54) is 12.1 Å². The summed E-state index contributed by atoms with van der Waals surface area (Å²) in [6, 6.07) is 1.42. The third kappa shape index (κ3) is 4.56. The molecule has 1 rings (SSSR count). The van der Waals surface area contributed by atoms with Crippen LogP contribution in [-0.2, 0) is 9.59 Å². The standard InChI is InChI=1S/C12H13FN2O5/c1-6-2-3-7(13)8(4-6)14-12(20)15-9(11(18)19)5-10(16)17/h2-4,9H,5H2,1H3,(H,16,17)(H,18,19)(H2,14,15,20). The highest BCUT2D eigenvalue weighted by atomic mass is 19.1. The van der Waals surface area contributed by atoms with Gasteiger partial charge in [0.1, 0.15) is 11.9 Å². The highest BCUT2D eigenvalue weighted by Crippen LogP contribution is 2.15. The van der Waals surface area contributed by atoms with Crippen LogP contribution in [0.3, 0.4) is 0 Å². The molecule has 1 atom stereocenters. The largest absolute Gasteiger partial charge is 0.481 e. The number of hydrogen-bond donors (Lipinski definition) is 4. The SMILES string of the molecule is Cc1ccc(F)c(NC(=O)NC(CC(=O)O)C(=O)O)c1. The van der Waals surface area contributed by atoms with Crippen LogP contribution in [0.25, 0.3) is 0 Å². The lowest BCUT2D eigenvalue weighted by molar-refractivity contribution is -0.145. The molecule has 0 bridgehead atoms. The smallest absolute Gasteiger partial charge is 0.326 e. The molecule has 0 saturated heterocycles. The normalized spacial score (nSPS) is 11.5. The molecule has 0 aromatic heterocycles. The van der Waals surface area contributed by atoms with E-state index in [0.29, 0.717) is 5.56 Å². The fourth-order valence-electron chi connectivity index (χ4n) is 1.43. The summed E-state index contributed by atoms with van der Waals surface area (Å²) in [7, 11) is 0. The van der Waals surface area contributed by atoms with E-state index in [4.69, 9.17) is 10.2 Å². The zero-order valence-corrected chi connectivity index (χ0v) is 10.5. The number of amides is 2. The van der Waals surface area contributed by atoms with Crippen molar-refractivity contribution in [2.45, 2.75) is 19.4 Å². The number of halogens is 1. The van der Waals surface area contributed by atoms with Crippen LogP contribution in [0.1, 0.15) is 12.0 Å². The number of carbonyl (C=O) groups excluding carboxylic acids is 1. The average Bonchev–Trinajstić information content (AvgIpc) is 2.32. The van der Waals surface area contributed by atoms with Crippen molar-refractivity contribution in [1.29, 1.82) is 0 Å². The average molecular weight is 284 g/mol. The first-order valence-electron chi connectivity index (χ1n) is 5.58. The number of rotatable bonds is 5. The summed E-state index contributed by atoms with van der Waals surface area (Å²) >= 11 is 0. The maximum Gasteiger partial charge on any atom is 0.326 e. The molecule has 0 spiro atoms. The number of carbonyl (C=O) groups is 3. The molecule has 1 aromatic rings. The van der Waals surface area contributed by atoms with Crippen LogP contribution in [-0.4, -0.2) is 34.2 Å². The summed E-state index contributed by atoms with van der Waals surface area (Å²) in [4.78, 5) is 32.7. The third-order valence-corrected chi connectivity index (χ3v) is 2.35. The summed E-state index contributed by atoms with van der Waals surface area (Å²) in [6.07, 6.45) is -0.779. The van der Waals surface area contributed by atoms with E-state index in [1.807, 2.05) is 5.32 Å². The topological polar surface area (TPSA) is 116 Å². The van der Waals surface area contributed by atoms with Gasteiger partial charge in [0.2, 0.25) is 0 Å². The third-order valence-electron chi connectivity index (χ3n) is 2.35. The summed E-state index contributed by atoms with van der Waals surface area (Å²) in [5.74, 6) is -3.55. The molecule has 0 aliphatic heterocycles. The molecule has 0 aliphatic carbocycles. The number of urea groups is 1. The molecule has 0 fully saturated rings. The molecule has 0 saturated carbocycles. The molecule has 108 valence electrons. The van der Waals surface area contributed by atoms with Gasteiger partial charge in [0, 0.05) is 0 Å². The molecular formula is C12H13FN2O5. The molecule has 20 heavy (non-hydrogen) atoms. The van der Waals surface area contributed by atoms with Crippen LogP contribution >= 0.6 is 0 Å². The summed E-state index contributed by atoms with van der Waals surface area (Å²) < 4.78 is 13.4. The van der Waals surface area contributed by atoms with Crippen molar-refractivity contribution in [3.05, 3.63) is 29.6 Å². The molecular weight excluding hydrogens is 271 g/mol. The Balaban J connectivity index is 2.72. The molecule has 0 heterocycles. The molecule has 4 N–H and O–H groups in total. The van der Waals surface area contributed by atoms with E-state index in [9.17, 15) is 18.8 Å². The van der Waals surface area contributed by atoms with Crippen LogP contribution in [0.15, 0.2) is 18.2 Å². The molecule has 1 aromatic carbocycles. The lowest BCUT2D eigenvalue weighted by Crippen LogP contribution is -2.44. The van der Waals surface area contributed by atoms with E-state index >= 15 is 0 Å². The molecule has 7 nitrogen and oxygen atoms in total. The first-order valence-corrected chi connectivity index (χ1v) is 5.58. The van der Waals surface area contributed by atoms with Crippen LogP contribution < -0.4 is 10.6 Å². The molecule has 0 radical (unpaired) electrons. The van der Waals surface area contributed by atoms with Crippen molar-refractivity contribution in [3.63, 3.8) is 0 Å². The van der Waals surface area contributed by atoms with Gasteiger partial charge in [0.15, 0.2) is 0 Å².